The van der Waals surface area contributed by atoms with Crippen LogP contribution in [0.15, 0.2) is 48.5 Å². The molecule has 0 fully saturated rings. The van der Waals surface area contributed by atoms with Gasteiger partial charge in [-0.3, -0.25) is 4.79 Å². The lowest BCUT2D eigenvalue weighted by Crippen LogP contribution is -2.26. The second kappa shape index (κ2) is 8.27. The zero-order valence-electron chi connectivity index (χ0n) is 14.8. The summed E-state index contributed by atoms with van der Waals surface area (Å²) < 4.78 is 24.5. The molecule has 2 rings (SSSR count). The molecule has 134 valence electrons. The van der Waals surface area contributed by atoms with Crippen molar-refractivity contribution in [3.8, 4) is 0 Å². The summed E-state index contributed by atoms with van der Waals surface area (Å²) in [5.74, 6) is -0.0404. The molecule has 0 heterocycles. The summed E-state index contributed by atoms with van der Waals surface area (Å²) in [5.41, 5.74) is 3.88. The van der Waals surface area contributed by atoms with Crippen LogP contribution in [0.2, 0.25) is 0 Å². The average Bonchev–Trinajstić information content (AvgIpc) is 2.56. The molecule has 6 heteroatoms. The van der Waals surface area contributed by atoms with Crippen LogP contribution in [-0.4, -0.2) is 39.1 Å². The molecule has 0 aliphatic rings. The fourth-order valence-corrected chi connectivity index (χ4v) is 2.93. The predicted molar refractivity (Wildman–Crippen MR) is 100.0 cm³/mol. The third-order valence-electron chi connectivity index (χ3n) is 3.87. The molecule has 0 radical (unpaired) electrons. The van der Waals surface area contributed by atoms with Crippen molar-refractivity contribution >= 4 is 15.9 Å². The van der Waals surface area contributed by atoms with Crippen molar-refractivity contribution in [1.29, 1.82) is 0 Å². The van der Waals surface area contributed by atoms with Crippen molar-refractivity contribution in [3.05, 3.63) is 70.8 Å². The number of benzene rings is 2. The van der Waals surface area contributed by atoms with Crippen molar-refractivity contribution in [2.45, 2.75) is 19.9 Å². The first kappa shape index (κ1) is 19.1. The van der Waals surface area contributed by atoms with Gasteiger partial charge in [0, 0.05) is 25.7 Å². The first-order valence-corrected chi connectivity index (χ1v) is 9.98. The Morgan fingerprint density at radius 3 is 2.12 bits per heavy atom. The summed E-state index contributed by atoms with van der Waals surface area (Å²) in [6.45, 7) is 2.93. The molecule has 0 bridgehead atoms. The van der Waals surface area contributed by atoms with E-state index >= 15 is 0 Å². The fraction of sp³-hybridized carbons (Fsp3) is 0.316. The van der Waals surface area contributed by atoms with E-state index in [2.05, 4.69) is 4.72 Å². The molecule has 0 saturated heterocycles. The molecular formula is C19H24N2O3S. The number of sulfonamides is 1. The molecule has 0 aromatic heterocycles. The molecule has 0 aliphatic heterocycles. The summed E-state index contributed by atoms with van der Waals surface area (Å²) in [6, 6.07) is 15.4. The van der Waals surface area contributed by atoms with E-state index in [1.807, 2.05) is 43.3 Å². The van der Waals surface area contributed by atoms with E-state index in [-0.39, 0.29) is 5.91 Å². The number of rotatable bonds is 7. The maximum absolute atomic E-state index is 12.5. The van der Waals surface area contributed by atoms with Gasteiger partial charge in [0.15, 0.2) is 0 Å². The standard InChI is InChI=1S/C19H24N2O3S/c1-15-4-6-17(7-5-15)14-21(2)19(22)18-10-8-16(9-11-18)12-13-20-25(3,23)24/h4-11,20H,12-14H2,1-3H3. The number of hydrogen-bond acceptors (Lipinski definition) is 3. The Balaban J connectivity index is 1.93. The van der Waals surface area contributed by atoms with Gasteiger partial charge in [0.2, 0.25) is 10.0 Å². The van der Waals surface area contributed by atoms with Crippen LogP contribution < -0.4 is 4.72 Å². The third-order valence-corrected chi connectivity index (χ3v) is 4.59. The first-order valence-electron chi connectivity index (χ1n) is 8.09. The summed E-state index contributed by atoms with van der Waals surface area (Å²) in [6.07, 6.45) is 1.72. The van der Waals surface area contributed by atoms with Crippen LogP contribution in [0.5, 0.6) is 0 Å². The zero-order valence-corrected chi connectivity index (χ0v) is 15.6. The highest BCUT2D eigenvalue weighted by molar-refractivity contribution is 7.88. The SMILES string of the molecule is Cc1ccc(CN(C)C(=O)c2ccc(CCNS(C)(=O)=O)cc2)cc1. The number of nitrogens with zero attached hydrogens (tertiary/aromatic N) is 1. The summed E-state index contributed by atoms with van der Waals surface area (Å²) in [4.78, 5) is 14.2. The minimum atomic E-state index is -3.17. The number of carbonyl (C=O) groups excluding carboxylic acids is 1. The normalized spacial score (nSPS) is 11.3. The lowest BCUT2D eigenvalue weighted by molar-refractivity contribution is 0.0785. The van der Waals surface area contributed by atoms with Gasteiger partial charge >= 0.3 is 0 Å². The van der Waals surface area contributed by atoms with Crippen LogP contribution in [0.4, 0.5) is 0 Å². The summed E-state index contributed by atoms with van der Waals surface area (Å²) in [5, 5.41) is 0. The Kier molecular flexibility index (Phi) is 6.33. The Bertz CT molecular complexity index is 813. The van der Waals surface area contributed by atoms with Crippen molar-refractivity contribution in [3.63, 3.8) is 0 Å². The van der Waals surface area contributed by atoms with Gasteiger partial charge in [0.1, 0.15) is 0 Å². The van der Waals surface area contributed by atoms with Crippen LogP contribution in [0, 0.1) is 6.92 Å². The lowest BCUT2D eigenvalue weighted by atomic mass is 10.1. The largest absolute Gasteiger partial charge is 0.337 e. The number of nitrogens with one attached hydrogen (secondary N) is 1. The van der Waals surface area contributed by atoms with Crippen LogP contribution in [0.3, 0.4) is 0 Å². The monoisotopic (exact) mass is 360 g/mol. The number of hydrogen-bond donors (Lipinski definition) is 1. The van der Waals surface area contributed by atoms with E-state index in [0.717, 1.165) is 17.4 Å². The van der Waals surface area contributed by atoms with Crippen molar-refractivity contribution < 1.29 is 13.2 Å². The second-order valence-electron chi connectivity index (χ2n) is 6.26. The number of amides is 1. The fourth-order valence-electron chi connectivity index (χ4n) is 2.45. The Morgan fingerprint density at radius 2 is 1.56 bits per heavy atom. The van der Waals surface area contributed by atoms with Gasteiger partial charge in [-0.1, -0.05) is 42.0 Å². The average molecular weight is 360 g/mol. The Hall–Kier alpha value is -2.18. The molecule has 1 N–H and O–H groups in total. The molecule has 0 saturated carbocycles. The van der Waals surface area contributed by atoms with E-state index in [0.29, 0.717) is 25.1 Å². The van der Waals surface area contributed by atoms with Crippen molar-refractivity contribution in [2.75, 3.05) is 19.8 Å². The summed E-state index contributed by atoms with van der Waals surface area (Å²) >= 11 is 0. The predicted octanol–water partition coefficient (Wildman–Crippen LogP) is 2.36. The van der Waals surface area contributed by atoms with Crippen molar-refractivity contribution in [1.82, 2.24) is 9.62 Å². The van der Waals surface area contributed by atoms with Gasteiger partial charge in [-0.05, 0) is 36.6 Å². The van der Waals surface area contributed by atoms with E-state index in [9.17, 15) is 13.2 Å². The molecule has 0 aliphatic carbocycles. The van der Waals surface area contributed by atoms with Crippen LogP contribution >= 0.6 is 0 Å². The van der Waals surface area contributed by atoms with Crippen LogP contribution in [-0.2, 0) is 23.0 Å². The van der Waals surface area contributed by atoms with Crippen LogP contribution in [0.1, 0.15) is 27.0 Å². The van der Waals surface area contributed by atoms with Gasteiger partial charge < -0.3 is 4.90 Å². The van der Waals surface area contributed by atoms with E-state index in [1.165, 1.54) is 5.56 Å². The Morgan fingerprint density at radius 1 is 1.00 bits per heavy atom. The molecule has 0 spiro atoms. The van der Waals surface area contributed by atoms with Gasteiger partial charge in [0.05, 0.1) is 6.26 Å². The van der Waals surface area contributed by atoms with Gasteiger partial charge in [-0.2, -0.15) is 0 Å². The number of carbonyl (C=O) groups is 1. The first-order chi connectivity index (χ1) is 11.7. The molecule has 0 unspecified atom stereocenters. The highest BCUT2D eigenvalue weighted by atomic mass is 32.2. The zero-order chi connectivity index (χ0) is 18.4. The highest BCUT2D eigenvalue weighted by Gasteiger charge is 2.12. The second-order valence-corrected chi connectivity index (χ2v) is 8.09. The quantitative estimate of drug-likeness (QED) is 0.824. The number of aryl methyl sites for hydroxylation is 1. The molecule has 1 amide bonds. The smallest absolute Gasteiger partial charge is 0.253 e. The summed E-state index contributed by atoms with van der Waals surface area (Å²) in [7, 11) is -1.39. The van der Waals surface area contributed by atoms with Gasteiger partial charge in [-0.25, -0.2) is 13.1 Å². The molecule has 0 atom stereocenters. The third kappa shape index (κ3) is 6.32. The highest BCUT2D eigenvalue weighted by Crippen LogP contribution is 2.11. The minimum Gasteiger partial charge on any atom is -0.337 e. The lowest BCUT2D eigenvalue weighted by Gasteiger charge is -2.17. The molecule has 2 aromatic carbocycles. The molecule has 2 aromatic rings. The molecule has 25 heavy (non-hydrogen) atoms. The van der Waals surface area contributed by atoms with Gasteiger partial charge in [0.25, 0.3) is 5.91 Å². The topological polar surface area (TPSA) is 66.5 Å². The molecule has 5 nitrogen and oxygen atoms in total. The maximum Gasteiger partial charge on any atom is 0.253 e. The van der Waals surface area contributed by atoms with Crippen LogP contribution in [0.25, 0.3) is 0 Å². The van der Waals surface area contributed by atoms with E-state index in [1.54, 1.807) is 24.1 Å². The van der Waals surface area contributed by atoms with E-state index < -0.39 is 10.0 Å². The van der Waals surface area contributed by atoms with Gasteiger partial charge in [-0.15, -0.1) is 0 Å². The Labute approximate surface area is 149 Å². The maximum atomic E-state index is 12.5. The minimum absolute atomic E-state index is 0.0404. The molecular weight excluding hydrogens is 336 g/mol. The van der Waals surface area contributed by atoms with Crippen molar-refractivity contribution in [2.24, 2.45) is 0 Å². The van der Waals surface area contributed by atoms with E-state index in [4.69, 9.17) is 0 Å².